The zero-order valence-electron chi connectivity index (χ0n) is 21.0. The number of nitrogens with zero attached hydrogens (tertiary/aromatic N) is 4. The van der Waals surface area contributed by atoms with Gasteiger partial charge in [0, 0.05) is 31.7 Å². The minimum Gasteiger partial charge on any atom is -0.461 e. The molecule has 0 aliphatic carbocycles. The maximum absolute atomic E-state index is 13.4. The summed E-state index contributed by atoms with van der Waals surface area (Å²) in [5.41, 5.74) is -0.0550. The van der Waals surface area contributed by atoms with E-state index in [1.165, 1.54) is 0 Å². The average molecular weight is 481 g/mol. The van der Waals surface area contributed by atoms with E-state index in [0.29, 0.717) is 37.7 Å². The van der Waals surface area contributed by atoms with Crippen LogP contribution in [0.3, 0.4) is 0 Å². The number of rotatable bonds is 6. The standard InChI is InChI=1S/C26H32N4O5/c1-6-8-14-30-21(23(32)34-7-2)20(22(31)19-12-10-9-11-13-19)27-24(30)28-15-17-29(18-16-28)25(33)35-26(3,4)5/h9-13H,7,14-18H2,1-5H3. The second-order valence-electron chi connectivity index (χ2n) is 8.99. The van der Waals surface area contributed by atoms with E-state index in [-0.39, 0.29) is 36.4 Å². The topological polar surface area (TPSA) is 94.0 Å². The predicted octanol–water partition coefficient (Wildman–Crippen LogP) is 3.37. The van der Waals surface area contributed by atoms with Crippen LogP contribution in [-0.4, -0.2) is 70.7 Å². The number of hydrogen-bond acceptors (Lipinski definition) is 7. The fourth-order valence-corrected chi connectivity index (χ4v) is 3.70. The lowest BCUT2D eigenvalue weighted by atomic mass is 10.1. The van der Waals surface area contributed by atoms with Crippen molar-refractivity contribution in [3.05, 3.63) is 47.3 Å². The predicted molar refractivity (Wildman–Crippen MR) is 132 cm³/mol. The van der Waals surface area contributed by atoms with Crippen molar-refractivity contribution in [2.75, 3.05) is 37.7 Å². The number of ether oxygens (including phenoxy) is 2. The Balaban J connectivity index is 1.98. The van der Waals surface area contributed by atoms with Crippen LogP contribution < -0.4 is 4.90 Å². The van der Waals surface area contributed by atoms with Crippen LogP contribution in [0.4, 0.5) is 10.7 Å². The maximum Gasteiger partial charge on any atom is 0.410 e. The molecule has 9 heteroatoms. The molecular weight excluding hydrogens is 448 g/mol. The van der Waals surface area contributed by atoms with Crippen molar-refractivity contribution in [1.82, 2.24) is 14.5 Å². The number of imidazole rings is 1. The van der Waals surface area contributed by atoms with Crippen LogP contribution in [0.25, 0.3) is 0 Å². The molecule has 9 nitrogen and oxygen atoms in total. The molecule has 0 bridgehead atoms. The SMILES string of the molecule is CC#CCn1c(N2CCN(C(=O)OC(C)(C)C)CC2)nc(C(=O)c2ccccc2)c1C(=O)OCC. The third kappa shape index (κ3) is 6.21. The minimum atomic E-state index is -0.629. The normalized spacial score (nSPS) is 13.6. The molecule has 1 aliphatic heterocycles. The summed E-state index contributed by atoms with van der Waals surface area (Å²) in [4.78, 5) is 47.0. The van der Waals surface area contributed by atoms with Gasteiger partial charge < -0.3 is 19.3 Å². The van der Waals surface area contributed by atoms with Gasteiger partial charge in [0.15, 0.2) is 5.69 Å². The molecule has 0 spiro atoms. The number of piperazine rings is 1. The summed E-state index contributed by atoms with van der Waals surface area (Å²) in [5.74, 6) is 5.25. The van der Waals surface area contributed by atoms with Crippen molar-refractivity contribution in [1.29, 1.82) is 0 Å². The van der Waals surface area contributed by atoms with Crippen molar-refractivity contribution < 1.29 is 23.9 Å². The van der Waals surface area contributed by atoms with Gasteiger partial charge in [-0.25, -0.2) is 14.6 Å². The minimum absolute atomic E-state index is 0.0251. The fourth-order valence-electron chi connectivity index (χ4n) is 3.70. The van der Waals surface area contributed by atoms with E-state index in [2.05, 4.69) is 16.8 Å². The van der Waals surface area contributed by atoms with Crippen LogP contribution in [0.5, 0.6) is 0 Å². The second-order valence-corrected chi connectivity index (χ2v) is 8.99. The monoisotopic (exact) mass is 480 g/mol. The van der Waals surface area contributed by atoms with Gasteiger partial charge in [-0.2, -0.15) is 0 Å². The number of carbonyl (C=O) groups is 3. The number of benzene rings is 1. The molecule has 2 aromatic rings. The van der Waals surface area contributed by atoms with Gasteiger partial charge in [0.05, 0.1) is 13.2 Å². The van der Waals surface area contributed by atoms with E-state index in [9.17, 15) is 14.4 Å². The number of aromatic nitrogens is 2. The number of anilines is 1. The Labute approximate surface area is 206 Å². The second kappa shape index (κ2) is 11.1. The molecule has 1 aromatic carbocycles. The van der Waals surface area contributed by atoms with E-state index in [1.807, 2.05) is 31.7 Å². The molecule has 0 unspecified atom stereocenters. The first-order valence-electron chi connectivity index (χ1n) is 11.7. The number of esters is 1. The van der Waals surface area contributed by atoms with Gasteiger partial charge >= 0.3 is 12.1 Å². The van der Waals surface area contributed by atoms with E-state index < -0.39 is 11.6 Å². The fraction of sp³-hybridized carbons (Fsp3) is 0.462. The van der Waals surface area contributed by atoms with Gasteiger partial charge in [-0.1, -0.05) is 36.3 Å². The molecule has 3 rings (SSSR count). The lowest BCUT2D eigenvalue weighted by molar-refractivity contribution is 0.0239. The van der Waals surface area contributed by atoms with Crippen molar-refractivity contribution in [3.63, 3.8) is 0 Å². The van der Waals surface area contributed by atoms with E-state index in [1.54, 1.807) is 47.6 Å². The molecule has 0 atom stereocenters. The lowest BCUT2D eigenvalue weighted by Crippen LogP contribution is -2.50. The number of hydrogen-bond donors (Lipinski definition) is 0. The van der Waals surface area contributed by atoms with Gasteiger partial charge in [0.25, 0.3) is 0 Å². The highest BCUT2D eigenvalue weighted by Crippen LogP contribution is 2.25. The molecule has 1 aromatic heterocycles. The smallest absolute Gasteiger partial charge is 0.410 e. The Hall–Kier alpha value is -3.80. The van der Waals surface area contributed by atoms with Gasteiger partial charge in [0.2, 0.25) is 11.7 Å². The van der Waals surface area contributed by atoms with Crippen LogP contribution in [0.15, 0.2) is 30.3 Å². The van der Waals surface area contributed by atoms with Crippen molar-refractivity contribution in [3.8, 4) is 11.8 Å². The summed E-state index contributed by atoms with van der Waals surface area (Å²) in [6.07, 6.45) is -0.371. The summed E-state index contributed by atoms with van der Waals surface area (Å²) in [6, 6.07) is 8.69. The molecule has 2 heterocycles. The average Bonchev–Trinajstić information content (AvgIpc) is 3.21. The molecular formula is C26H32N4O5. The third-order valence-electron chi connectivity index (χ3n) is 5.30. The Kier molecular flexibility index (Phi) is 8.18. The van der Waals surface area contributed by atoms with Gasteiger partial charge in [-0.3, -0.25) is 9.36 Å². The maximum atomic E-state index is 13.4. The van der Waals surface area contributed by atoms with Crippen molar-refractivity contribution in [2.45, 2.75) is 46.8 Å². The molecule has 1 fully saturated rings. The molecule has 1 saturated heterocycles. The van der Waals surface area contributed by atoms with Gasteiger partial charge in [-0.15, -0.1) is 5.92 Å². The van der Waals surface area contributed by atoms with Crippen LogP contribution in [0.1, 0.15) is 61.2 Å². The van der Waals surface area contributed by atoms with Crippen LogP contribution in [0, 0.1) is 11.8 Å². The van der Waals surface area contributed by atoms with Gasteiger partial charge in [-0.05, 0) is 34.6 Å². The Morgan fingerprint density at radius 3 is 2.29 bits per heavy atom. The Bertz CT molecular complexity index is 1130. The lowest BCUT2D eigenvalue weighted by Gasteiger charge is -2.36. The molecule has 1 amide bonds. The van der Waals surface area contributed by atoms with E-state index in [0.717, 1.165) is 0 Å². The first kappa shape index (κ1) is 25.8. The zero-order valence-corrected chi connectivity index (χ0v) is 21.0. The molecule has 0 radical (unpaired) electrons. The Morgan fingerprint density at radius 1 is 1.06 bits per heavy atom. The molecule has 0 N–H and O–H groups in total. The van der Waals surface area contributed by atoms with Crippen molar-refractivity contribution in [2.24, 2.45) is 0 Å². The third-order valence-corrected chi connectivity index (χ3v) is 5.30. The molecule has 0 saturated carbocycles. The Morgan fingerprint density at radius 2 is 1.71 bits per heavy atom. The summed E-state index contributed by atoms with van der Waals surface area (Å²) in [7, 11) is 0. The summed E-state index contributed by atoms with van der Waals surface area (Å²) >= 11 is 0. The van der Waals surface area contributed by atoms with Gasteiger partial charge in [0.1, 0.15) is 11.3 Å². The molecule has 186 valence electrons. The van der Waals surface area contributed by atoms with Crippen LogP contribution in [0.2, 0.25) is 0 Å². The summed E-state index contributed by atoms with van der Waals surface area (Å²) < 4.78 is 12.4. The number of amides is 1. The quantitative estimate of drug-likeness (QED) is 0.355. The number of carbonyl (C=O) groups excluding carboxylic acids is 3. The van der Waals surface area contributed by atoms with Crippen LogP contribution in [-0.2, 0) is 16.0 Å². The summed E-state index contributed by atoms with van der Waals surface area (Å²) in [6.45, 7) is 11.0. The first-order valence-corrected chi connectivity index (χ1v) is 11.7. The highest BCUT2D eigenvalue weighted by molar-refractivity contribution is 6.13. The highest BCUT2D eigenvalue weighted by Gasteiger charge is 2.33. The zero-order chi connectivity index (χ0) is 25.6. The van der Waals surface area contributed by atoms with Crippen LogP contribution >= 0.6 is 0 Å². The largest absolute Gasteiger partial charge is 0.461 e. The molecule has 1 aliphatic rings. The first-order chi connectivity index (χ1) is 16.7. The molecule has 35 heavy (non-hydrogen) atoms. The van der Waals surface area contributed by atoms with E-state index in [4.69, 9.17) is 9.47 Å². The highest BCUT2D eigenvalue weighted by atomic mass is 16.6. The summed E-state index contributed by atoms with van der Waals surface area (Å²) in [5, 5.41) is 0. The number of ketones is 1. The van der Waals surface area contributed by atoms with Crippen molar-refractivity contribution >= 4 is 23.8 Å². The van der Waals surface area contributed by atoms with E-state index >= 15 is 0 Å².